The van der Waals surface area contributed by atoms with E-state index >= 15 is 0 Å². The second-order valence-electron chi connectivity index (χ2n) is 6.19. The van der Waals surface area contributed by atoms with Crippen LogP contribution in [0.15, 0.2) is 6.33 Å². The quantitative estimate of drug-likeness (QED) is 0.615. The Hall–Kier alpha value is -1.73. The number of carbonyl (C=O) groups is 1. The summed E-state index contributed by atoms with van der Waals surface area (Å²) in [4.78, 5) is 22.7. The first kappa shape index (κ1) is 17.1. The Morgan fingerprint density at radius 1 is 1.38 bits per heavy atom. The zero-order valence-electron chi connectivity index (χ0n) is 14.0. The van der Waals surface area contributed by atoms with E-state index in [-0.39, 0.29) is 12.1 Å². The molecule has 2 aromatic rings. The van der Waals surface area contributed by atoms with Crippen LogP contribution in [0.3, 0.4) is 0 Å². The van der Waals surface area contributed by atoms with Crippen LogP contribution in [0, 0.1) is 6.92 Å². The predicted molar refractivity (Wildman–Crippen MR) is 96.6 cm³/mol. The number of nitrogens with two attached hydrogens (primary N) is 1. The number of ether oxygens (including phenoxy) is 1. The summed E-state index contributed by atoms with van der Waals surface area (Å²) in [6, 6.07) is 0. The molecule has 0 aromatic carbocycles. The molecule has 0 amide bonds. The van der Waals surface area contributed by atoms with E-state index in [0.29, 0.717) is 11.4 Å². The smallest absolute Gasteiger partial charge is 0.348 e. The molecule has 0 unspecified atom stereocenters. The Balaban J connectivity index is 1.82. The number of carbonyl (C=O) groups excluding carboxylic acids is 1. The van der Waals surface area contributed by atoms with Gasteiger partial charge in [-0.25, -0.2) is 14.8 Å². The number of nitrogens with zero attached hydrogens (tertiary/aromatic N) is 2. The van der Waals surface area contributed by atoms with Gasteiger partial charge in [-0.05, 0) is 51.1 Å². The van der Waals surface area contributed by atoms with Gasteiger partial charge >= 0.3 is 5.97 Å². The molecule has 2 heterocycles. The third-order valence-electron chi connectivity index (χ3n) is 4.41. The maximum atomic E-state index is 12.6. The molecule has 7 heteroatoms. The van der Waals surface area contributed by atoms with Gasteiger partial charge in [0.1, 0.15) is 28.0 Å². The summed E-state index contributed by atoms with van der Waals surface area (Å²) in [5.74, 6) is 0.536. The molecule has 0 saturated heterocycles. The van der Waals surface area contributed by atoms with E-state index in [1.807, 2.05) is 6.92 Å². The Kier molecular flexibility index (Phi) is 5.63. The van der Waals surface area contributed by atoms with E-state index < -0.39 is 0 Å². The van der Waals surface area contributed by atoms with Crippen LogP contribution in [0.25, 0.3) is 10.2 Å². The van der Waals surface area contributed by atoms with Crippen molar-refractivity contribution in [3.8, 4) is 0 Å². The van der Waals surface area contributed by atoms with Crippen molar-refractivity contribution in [3.63, 3.8) is 0 Å². The first-order chi connectivity index (χ1) is 11.7. The molecule has 0 aliphatic heterocycles. The van der Waals surface area contributed by atoms with Gasteiger partial charge < -0.3 is 15.8 Å². The minimum absolute atomic E-state index is 0.0593. The zero-order valence-corrected chi connectivity index (χ0v) is 14.8. The number of nitrogens with one attached hydrogen (secondary N) is 1. The predicted octanol–water partition coefficient (Wildman–Crippen LogP) is 3.25. The van der Waals surface area contributed by atoms with Gasteiger partial charge in [0.15, 0.2) is 0 Å². The van der Waals surface area contributed by atoms with Crippen molar-refractivity contribution < 1.29 is 9.53 Å². The molecule has 0 atom stereocenters. The summed E-state index contributed by atoms with van der Waals surface area (Å²) in [5, 5.41) is 4.20. The number of aromatic nitrogens is 2. The molecule has 3 rings (SSSR count). The van der Waals surface area contributed by atoms with Gasteiger partial charge in [0, 0.05) is 6.54 Å². The molecule has 1 saturated carbocycles. The fourth-order valence-corrected chi connectivity index (χ4v) is 4.13. The Labute approximate surface area is 145 Å². The van der Waals surface area contributed by atoms with Gasteiger partial charge in [0.25, 0.3) is 0 Å². The topological polar surface area (TPSA) is 90.1 Å². The SMILES string of the molecule is Cc1c(C(=O)OC2CCCCC2)sc2ncnc(NCCCN)c12. The van der Waals surface area contributed by atoms with Crippen molar-refractivity contribution in [1.29, 1.82) is 0 Å². The van der Waals surface area contributed by atoms with Crippen LogP contribution in [0.1, 0.15) is 53.8 Å². The van der Waals surface area contributed by atoms with Gasteiger partial charge in [-0.15, -0.1) is 11.3 Å². The van der Waals surface area contributed by atoms with Gasteiger partial charge in [0.05, 0.1) is 5.39 Å². The van der Waals surface area contributed by atoms with Crippen LogP contribution in [0.5, 0.6) is 0 Å². The monoisotopic (exact) mass is 348 g/mol. The Morgan fingerprint density at radius 3 is 2.92 bits per heavy atom. The van der Waals surface area contributed by atoms with Gasteiger partial charge in [0.2, 0.25) is 0 Å². The number of esters is 1. The van der Waals surface area contributed by atoms with Crippen molar-refractivity contribution in [2.45, 2.75) is 51.6 Å². The second kappa shape index (κ2) is 7.90. The highest BCUT2D eigenvalue weighted by atomic mass is 32.1. The molecule has 0 spiro atoms. The average Bonchev–Trinajstić information content (AvgIpc) is 2.94. The number of hydrogen-bond donors (Lipinski definition) is 2. The van der Waals surface area contributed by atoms with Crippen LogP contribution in [0.4, 0.5) is 5.82 Å². The van der Waals surface area contributed by atoms with E-state index in [2.05, 4.69) is 15.3 Å². The van der Waals surface area contributed by atoms with Gasteiger partial charge in [-0.2, -0.15) is 0 Å². The number of rotatable bonds is 6. The van der Waals surface area contributed by atoms with Crippen LogP contribution in [-0.4, -0.2) is 35.1 Å². The molecule has 24 heavy (non-hydrogen) atoms. The highest BCUT2D eigenvalue weighted by Gasteiger charge is 2.24. The summed E-state index contributed by atoms with van der Waals surface area (Å²) in [6.07, 6.45) is 7.93. The minimum Gasteiger partial charge on any atom is -0.458 e. The number of fused-ring (bicyclic) bond motifs is 1. The molecule has 0 bridgehead atoms. The van der Waals surface area contributed by atoms with E-state index in [1.165, 1.54) is 24.1 Å². The standard InChI is InChI=1S/C17H24N4O2S/c1-11-13-15(19-9-5-8-18)20-10-21-16(13)24-14(11)17(22)23-12-6-3-2-4-7-12/h10,12H,2-9,18H2,1H3,(H,19,20,21). The zero-order chi connectivity index (χ0) is 16.9. The fourth-order valence-electron chi connectivity index (χ4n) is 3.10. The summed E-state index contributed by atoms with van der Waals surface area (Å²) < 4.78 is 5.71. The van der Waals surface area contributed by atoms with E-state index in [9.17, 15) is 4.79 Å². The third kappa shape index (κ3) is 3.67. The number of thiophene rings is 1. The molecule has 2 aromatic heterocycles. The Bertz CT molecular complexity index is 710. The maximum Gasteiger partial charge on any atom is 0.348 e. The molecule has 6 nitrogen and oxygen atoms in total. The van der Waals surface area contributed by atoms with Crippen molar-refractivity contribution in [2.24, 2.45) is 5.73 Å². The number of hydrogen-bond acceptors (Lipinski definition) is 7. The molecule has 1 fully saturated rings. The van der Waals surface area contributed by atoms with E-state index in [1.54, 1.807) is 0 Å². The molecular formula is C17H24N4O2S. The largest absolute Gasteiger partial charge is 0.458 e. The molecule has 3 N–H and O–H groups in total. The normalized spacial score (nSPS) is 15.6. The first-order valence-electron chi connectivity index (χ1n) is 8.59. The molecule has 1 aliphatic rings. The molecule has 1 aliphatic carbocycles. The van der Waals surface area contributed by atoms with Gasteiger partial charge in [-0.1, -0.05) is 6.42 Å². The molecule has 0 radical (unpaired) electrons. The summed E-state index contributed by atoms with van der Waals surface area (Å²) in [5.41, 5.74) is 6.43. The summed E-state index contributed by atoms with van der Waals surface area (Å²) in [6.45, 7) is 3.32. The lowest BCUT2D eigenvalue weighted by molar-refractivity contribution is 0.0216. The minimum atomic E-state index is -0.227. The van der Waals surface area contributed by atoms with Crippen LogP contribution < -0.4 is 11.1 Å². The summed E-state index contributed by atoms with van der Waals surface area (Å²) >= 11 is 1.38. The van der Waals surface area contributed by atoms with Crippen molar-refractivity contribution >= 4 is 33.3 Å². The Morgan fingerprint density at radius 2 is 2.17 bits per heavy atom. The first-order valence-corrected chi connectivity index (χ1v) is 9.41. The lowest BCUT2D eigenvalue weighted by atomic mass is 9.98. The van der Waals surface area contributed by atoms with Crippen molar-refractivity contribution in [2.75, 3.05) is 18.4 Å². The van der Waals surface area contributed by atoms with Crippen molar-refractivity contribution in [3.05, 3.63) is 16.8 Å². The van der Waals surface area contributed by atoms with Crippen LogP contribution in [0.2, 0.25) is 0 Å². The fraction of sp³-hybridized carbons (Fsp3) is 0.588. The molecule has 130 valence electrons. The lowest BCUT2D eigenvalue weighted by Gasteiger charge is -2.21. The van der Waals surface area contributed by atoms with E-state index in [0.717, 1.165) is 60.2 Å². The van der Waals surface area contributed by atoms with Crippen LogP contribution >= 0.6 is 11.3 Å². The molecular weight excluding hydrogens is 324 g/mol. The highest BCUT2D eigenvalue weighted by molar-refractivity contribution is 7.20. The van der Waals surface area contributed by atoms with Crippen LogP contribution in [-0.2, 0) is 4.74 Å². The maximum absolute atomic E-state index is 12.6. The highest BCUT2D eigenvalue weighted by Crippen LogP contribution is 2.34. The van der Waals surface area contributed by atoms with Gasteiger partial charge in [-0.3, -0.25) is 0 Å². The number of anilines is 1. The average molecular weight is 348 g/mol. The number of aryl methyl sites for hydroxylation is 1. The third-order valence-corrected chi connectivity index (χ3v) is 5.59. The summed E-state index contributed by atoms with van der Waals surface area (Å²) in [7, 11) is 0. The van der Waals surface area contributed by atoms with E-state index in [4.69, 9.17) is 10.5 Å². The lowest BCUT2D eigenvalue weighted by Crippen LogP contribution is -2.20. The van der Waals surface area contributed by atoms with Crippen molar-refractivity contribution in [1.82, 2.24) is 9.97 Å². The second-order valence-corrected chi connectivity index (χ2v) is 7.19.